The van der Waals surface area contributed by atoms with Gasteiger partial charge in [-0.1, -0.05) is 30.0 Å². The standard InChI is InChI=1S/C14H17NOS/c16-17-11-8-14(9-12-17)15-10-4-7-13-5-2-1-3-6-13/h1-3,5-6,14-15H,8-12H2. The number of rotatable bonds is 2. The van der Waals surface area contributed by atoms with Crippen molar-refractivity contribution in [3.8, 4) is 11.8 Å². The molecule has 0 spiro atoms. The van der Waals surface area contributed by atoms with Crippen molar-refractivity contribution in [3.05, 3.63) is 35.9 Å². The first kappa shape index (κ1) is 12.3. The minimum Gasteiger partial charge on any atom is -0.303 e. The Bertz CT molecular complexity index is 423. The van der Waals surface area contributed by atoms with Gasteiger partial charge in [-0.3, -0.25) is 4.21 Å². The van der Waals surface area contributed by atoms with Crippen LogP contribution in [0.5, 0.6) is 0 Å². The molecule has 1 aliphatic rings. The quantitative estimate of drug-likeness (QED) is 0.803. The maximum absolute atomic E-state index is 11.2. The van der Waals surface area contributed by atoms with Crippen molar-refractivity contribution in [1.82, 2.24) is 5.32 Å². The first-order chi connectivity index (χ1) is 8.34. The second-order valence-corrected chi connectivity index (χ2v) is 5.87. The van der Waals surface area contributed by atoms with E-state index in [4.69, 9.17) is 0 Å². The van der Waals surface area contributed by atoms with Crippen molar-refractivity contribution in [3.63, 3.8) is 0 Å². The van der Waals surface area contributed by atoms with E-state index in [9.17, 15) is 4.21 Å². The number of nitrogens with one attached hydrogen (secondary N) is 1. The Morgan fingerprint density at radius 1 is 1.24 bits per heavy atom. The molecule has 17 heavy (non-hydrogen) atoms. The van der Waals surface area contributed by atoms with Gasteiger partial charge in [-0.15, -0.1) is 0 Å². The molecule has 1 saturated heterocycles. The molecular formula is C14H17NOS. The van der Waals surface area contributed by atoms with Gasteiger partial charge in [-0.05, 0) is 25.0 Å². The molecule has 1 aromatic carbocycles. The Labute approximate surface area is 105 Å². The number of benzene rings is 1. The summed E-state index contributed by atoms with van der Waals surface area (Å²) in [6.45, 7) is 0.714. The van der Waals surface area contributed by atoms with Gasteiger partial charge in [0.15, 0.2) is 0 Å². The molecule has 1 heterocycles. The van der Waals surface area contributed by atoms with Gasteiger partial charge >= 0.3 is 0 Å². The van der Waals surface area contributed by atoms with E-state index in [0.717, 1.165) is 29.9 Å². The van der Waals surface area contributed by atoms with Crippen molar-refractivity contribution < 1.29 is 4.21 Å². The van der Waals surface area contributed by atoms with Crippen LogP contribution in [-0.4, -0.2) is 28.3 Å². The van der Waals surface area contributed by atoms with Crippen LogP contribution in [0.15, 0.2) is 30.3 Å². The molecule has 0 radical (unpaired) electrons. The summed E-state index contributed by atoms with van der Waals surface area (Å²) in [6, 6.07) is 10.5. The van der Waals surface area contributed by atoms with Crippen LogP contribution in [0, 0.1) is 11.8 Å². The van der Waals surface area contributed by atoms with Crippen LogP contribution in [0.4, 0.5) is 0 Å². The van der Waals surface area contributed by atoms with Gasteiger partial charge in [0.25, 0.3) is 0 Å². The minimum atomic E-state index is -0.574. The summed E-state index contributed by atoms with van der Waals surface area (Å²) in [4.78, 5) is 0. The van der Waals surface area contributed by atoms with Crippen LogP contribution in [-0.2, 0) is 10.8 Å². The third kappa shape index (κ3) is 4.33. The third-order valence-electron chi connectivity index (χ3n) is 2.87. The maximum Gasteiger partial charge on any atom is 0.0582 e. The molecule has 2 nitrogen and oxygen atoms in total. The highest BCUT2D eigenvalue weighted by Gasteiger charge is 2.16. The fourth-order valence-corrected chi connectivity index (χ4v) is 3.16. The van der Waals surface area contributed by atoms with E-state index in [1.165, 1.54) is 0 Å². The van der Waals surface area contributed by atoms with Crippen LogP contribution < -0.4 is 5.32 Å². The Morgan fingerprint density at radius 2 is 1.94 bits per heavy atom. The summed E-state index contributed by atoms with van der Waals surface area (Å²) < 4.78 is 11.2. The lowest BCUT2D eigenvalue weighted by atomic mass is 10.1. The lowest BCUT2D eigenvalue weighted by molar-refractivity contribution is 0.502. The van der Waals surface area contributed by atoms with Gasteiger partial charge < -0.3 is 5.32 Å². The molecule has 1 aromatic rings. The van der Waals surface area contributed by atoms with Crippen molar-refractivity contribution in [1.29, 1.82) is 0 Å². The fraction of sp³-hybridized carbons (Fsp3) is 0.429. The van der Waals surface area contributed by atoms with Gasteiger partial charge in [0, 0.05) is 33.9 Å². The van der Waals surface area contributed by atoms with Gasteiger partial charge in [-0.25, -0.2) is 0 Å². The number of hydrogen-bond donors (Lipinski definition) is 1. The van der Waals surface area contributed by atoms with E-state index < -0.39 is 10.8 Å². The van der Waals surface area contributed by atoms with E-state index in [2.05, 4.69) is 17.2 Å². The average molecular weight is 247 g/mol. The summed E-state index contributed by atoms with van der Waals surface area (Å²) in [5, 5.41) is 3.40. The second kappa shape index (κ2) is 6.58. The molecule has 0 bridgehead atoms. The summed E-state index contributed by atoms with van der Waals surface area (Å²) in [6.07, 6.45) is 2.03. The molecule has 1 fully saturated rings. The lowest BCUT2D eigenvalue weighted by Gasteiger charge is -2.21. The van der Waals surface area contributed by atoms with Crippen molar-refractivity contribution in [2.75, 3.05) is 18.1 Å². The summed E-state index contributed by atoms with van der Waals surface area (Å²) >= 11 is 0. The normalized spacial score (nSPS) is 23.8. The van der Waals surface area contributed by atoms with Crippen LogP contribution in [0.25, 0.3) is 0 Å². The molecule has 0 amide bonds. The molecule has 0 aromatic heterocycles. The highest BCUT2D eigenvalue weighted by molar-refractivity contribution is 7.85. The first-order valence-corrected chi connectivity index (χ1v) is 7.46. The summed E-state index contributed by atoms with van der Waals surface area (Å²) in [5.74, 6) is 7.92. The van der Waals surface area contributed by atoms with E-state index >= 15 is 0 Å². The van der Waals surface area contributed by atoms with E-state index in [1.807, 2.05) is 30.3 Å². The largest absolute Gasteiger partial charge is 0.303 e. The van der Waals surface area contributed by atoms with Crippen LogP contribution in [0.3, 0.4) is 0 Å². The van der Waals surface area contributed by atoms with Crippen LogP contribution in [0.2, 0.25) is 0 Å². The molecule has 3 heteroatoms. The molecule has 0 saturated carbocycles. The van der Waals surface area contributed by atoms with Gasteiger partial charge in [0.2, 0.25) is 0 Å². The summed E-state index contributed by atoms with van der Waals surface area (Å²) in [7, 11) is -0.574. The highest BCUT2D eigenvalue weighted by atomic mass is 32.2. The number of hydrogen-bond acceptors (Lipinski definition) is 2. The molecule has 2 rings (SSSR count). The molecular weight excluding hydrogens is 230 g/mol. The Hall–Kier alpha value is -1.11. The Kier molecular flexibility index (Phi) is 4.78. The van der Waals surface area contributed by atoms with Gasteiger partial charge in [0.1, 0.15) is 0 Å². The maximum atomic E-state index is 11.2. The SMILES string of the molecule is O=S1CCC(NCC#Cc2ccccc2)CC1. The Balaban J connectivity index is 1.73. The van der Waals surface area contributed by atoms with Crippen molar-refractivity contribution in [2.24, 2.45) is 0 Å². The zero-order valence-corrected chi connectivity index (χ0v) is 10.6. The predicted molar refractivity (Wildman–Crippen MR) is 72.2 cm³/mol. The molecule has 0 unspecified atom stereocenters. The van der Waals surface area contributed by atoms with E-state index in [0.29, 0.717) is 12.6 Å². The first-order valence-electron chi connectivity index (χ1n) is 5.97. The van der Waals surface area contributed by atoms with Crippen molar-refractivity contribution >= 4 is 10.8 Å². The molecule has 90 valence electrons. The van der Waals surface area contributed by atoms with E-state index in [1.54, 1.807) is 0 Å². The van der Waals surface area contributed by atoms with Crippen LogP contribution in [0.1, 0.15) is 18.4 Å². The molecule has 1 N–H and O–H groups in total. The predicted octanol–water partition coefficient (Wildman–Crippen LogP) is 1.54. The zero-order chi connectivity index (χ0) is 11.9. The Morgan fingerprint density at radius 3 is 2.65 bits per heavy atom. The second-order valence-electron chi connectivity index (χ2n) is 4.17. The molecule has 0 atom stereocenters. The minimum absolute atomic E-state index is 0.498. The van der Waals surface area contributed by atoms with Crippen molar-refractivity contribution in [2.45, 2.75) is 18.9 Å². The molecule has 1 aliphatic heterocycles. The molecule has 0 aliphatic carbocycles. The summed E-state index contributed by atoms with van der Waals surface area (Å²) in [5.41, 5.74) is 1.05. The van der Waals surface area contributed by atoms with Gasteiger partial charge in [0.05, 0.1) is 6.54 Å². The average Bonchev–Trinajstić information content (AvgIpc) is 2.38. The zero-order valence-electron chi connectivity index (χ0n) is 9.82. The third-order valence-corrected chi connectivity index (χ3v) is 4.26. The fourth-order valence-electron chi connectivity index (χ4n) is 1.86. The van der Waals surface area contributed by atoms with E-state index in [-0.39, 0.29) is 0 Å². The smallest absolute Gasteiger partial charge is 0.0582 e. The topological polar surface area (TPSA) is 29.1 Å². The lowest BCUT2D eigenvalue weighted by Crippen LogP contribution is -2.35. The monoisotopic (exact) mass is 247 g/mol. The highest BCUT2D eigenvalue weighted by Crippen LogP contribution is 2.08. The van der Waals surface area contributed by atoms with Gasteiger partial charge in [-0.2, -0.15) is 0 Å². The van der Waals surface area contributed by atoms with Crippen LogP contribution >= 0.6 is 0 Å².